The van der Waals surface area contributed by atoms with Crippen LogP contribution in [0.5, 0.6) is 5.75 Å². The maximum absolute atomic E-state index is 13.1. The van der Waals surface area contributed by atoms with Gasteiger partial charge in [0.2, 0.25) is 0 Å². The lowest BCUT2D eigenvalue weighted by Crippen LogP contribution is -2.47. The first-order chi connectivity index (χ1) is 14.7. The Morgan fingerprint density at radius 1 is 1.07 bits per heavy atom. The Hall–Kier alpha value is -2.96. The van der Waals surface area contributed by atoms with Gasteiger partial charge in [0, 0.05) is 43.3 Å². The minimum Gasteiger partial charge on any atom is -0.494 e. The predicted octanol–water partition coefficient (Wildman–Crippen LogP) is 3.89. The Balaban J connectivity index is 1.42. The molecule has 1 aromatic heterocycles. The largest absolute Gasteiger partial charge is 0.494 e. The molecular weight excluding hydrogens is 380 g/mol. The number of aromatic nitrogens is 1. The fourth-order valence-corrected chi connectivity index (χ4v) is 4.44. The lowest BCUT2D eigenvalue weighted by Gasteiger charge is -2.37. The van der Waals surface area contributed by atoms with E-state index in [2.05, 4.69) is 11.1 Å². The number of benzene rings is 2. The molecule has 3 aromatic rings. The summed E-state index contributed by atoms with van der Waals surface area (Å²) in [4.78, 5) is 19.2. The molecule has 5 rings (SSSR count). The number of hydrogen-bond donors (Lipinski definition) is 0. The molecule has 6 heteroatoms. The highest BCUT2D eigenvalue weighted by atomic mass is 16.7. The van der Waals surface area contributed by atoms with Crippen molar-refractivity contribution in [1.29, 1.82) is 0 Å². The predicted molar refractivity (Wildman–Crippen MR) is 114 cm³/mol. The van der Waals surface area contributed by atoms with E-state index >= 15 is 0 Å². The standard InChI is InChI=1S/C24H24N2O4/c1-28-22-16-25-10-7-21(22)20-4-2-3-17-15-18(5-6-19(17)20)23(27)26-11-8-24(9-12-26)29-13-14-30-24/h2-7,10,15-16H,8-9,11-14H2,1H3. The Kier molecular flexibility index (Phi) is 4.89. The van der Waals surface area contributed by atoms with Crippen LogP contribution < -0.4 is 4.74 Å². The number of nitrogens with zero attached hydrogens (tertiary/aromatic N) is 2. The van der Waals surface area contributed by atoms with Gasteiger partial charge in [-0.15, -0.1) is 0 Å². The van der Waals surface area contributed by atoms with Crippen LogP contribution in [0.2, 0.25) is 0 Å². The summed E-state index contributed by atoms with van der Waals surface area (Å²) in [6.07, 6.45) is 4.92. The van der Waals surface area contributed by atoms with E-state index in [4.69, 9.17) is 14.2 Å². The Morgan fingerprint density at radius 3 is 2.63 bits per heavy atom. The summed E-state index contributed by atoms with van der Waals surface area (Å²) in [5.41, 5.74) is 2.74. The van der Waals surface area contributed by atoms with Crippen molar-refractivity contribution < 1.29 is 19.0 Å². The van der Waals surface area contributed by atoms with Gasteiger partial charge in [-0.25, -0.2) is 0 Å². The first-order valence-corrected chi connectivity index (χ1v) is 10.3. The van der Waals surface area contributed by atoms with Crippen LogP contribution in [0.25, 0.3) is 21.9 Å². The maximum atomic E-state index is 13.1. The van der Waals surface area contributed by atoms with Gasteiger partial charge in [-0.1, -0.05) is 24.3 Å². The molecule has 2 aliphatic rings. The molecule has 0 unspecified atom stereocenters. The number of carbonyl (C=O) groups is 1. The summed E-state index contributed by atoms with van der Waals surface area (Å²) in [5.74, 6) is 0.305. The minimum absolute atomic E-state index is 0.0524. The fraction of sp³-hybridized carbons (Fsp3) is 0.333. The lowest BCUT2D eigenvalue weighted by molar-refractivity contribution is -0.181. The number of amides is 1. The molecular formula is C24H24N2O4. The summed E-state index contributed by atoms with van der Waals surface area (Å²) in [6, 6.07) is 14.0. The molecule has 2 saturated heterocycles. The fourth-order valence-electron chi connectivity index (χ4n) is 4.44. The normalized spacial score (nSPS) is 18.1. The summed E-state index contributed by atoms with van der Waals surface area (Å²) >= 11 is 0. The zero-order valence-corrected chi connectivity index (χ0v) is 17.0. The molecule has 0 bridgehead atoms. The number of pyridine rings is 1. The van der Waals surface area contributed by atoms with Gasteiger partial charge in [0.25, 0.3) is 5.91 Å². The number of fused-ring (bicyclic) bond motifs is 1. The van der Waals surface area contributed by atoms with Gasteiger partial charge >= 0.3 is 0 Å². The molecule has 0 radical (unpaired) electrons. The number of piperidine rings is 1. The van der Waals surface area contributed by atoms with Crippen LogP contribution in [0.15, 0.2) is 54.9 Å². The third kappa shape index (κ3) is 3.32. The molecule has 0 aliphatic carbocycles. The molecule has 2 fully saturated rings. The van der Waals surface area contributed by atoms with Crippen molar-refractivity contribution >= 4 is 16.7 Å². The minimum atomic E-state index is -0.474. The smallest absolute Gasteiger partial charge is 0.253 e. The van der Waals surface area contributed by atoms with Crippen molar-refractivity contribution in [3.63, 3.8) is 0 Å². The Labute approximate surface area is 175 Å². The highest BCUT2D eigenvalue weighted by Crippen LogP contribution is 2.35. The van der Waals surface area contributed by atoms with Crippen LogP contribution in [0.3, 0.4) is 0 Å². The molecule has 1 spiro atoms. The van der Waals surface area contributed by atoms with Crippen LogP contribution in [0.1, 0.15) is 23.2 Å². The van der Waals surface area contributed by atoms with E-state index < -0.39 is 5.79 Å². The molecule has 6 nitrogen and oxygen atoms in total. The van der Waals surface area contributed by atoms with Crippen molar-refractivity contribution in [1.82, 2.24) is 9.88 Å². The van der Waals surface area contributed by atoms with Crippen LogP contribution >= 0.6 is 0 Å². The number of carbonyl (C=O) groups excluding carboxylic acids is 1. The quantitative estimate of drug-likeness (QED) is 0.663. The number of likely N-dealkylation sites (tertiary alicyclic amines) is 1. The zero-order chi connectivity index (χ0) is 20.6. The van der Waals surface area contributed by atoms with E-state index in [1.54, 1.807) is 19.5 Å². The maximum Gasteiger partial charge on any atom is 0.253 e. The summed E-state index contributed by atoms with van der Waals surface area (Å²) in [6.45, 7) is 2.57. The Bertz CT molecular complexity index is 1080. The molecule has 1 amide bonds. The lowest BCUT2D eigenvalue weighted by atomic mass is 9.96. The third-order valence-electron chi connectivity index (χ3n) is 6.05. The molecule has 30 heavy (non-hydrogen) atoms. The molecule has 2 aliphatic heterocycles. The van der Waals surface area contributed by atoms with Crippen LogP contribution in [0.4, 0.5) is 0 Å². The second-order valence-corrected chi connectivity index (χ2v) is 7.72. The van der Waals surface area contributed by atoms with Crippen LogP contribution in [0, 0.1) is 0 Å². The second kappa shape index (κ2) is 7.70. The van der Waals surface area contributed by atoms with E-state index in [1.807, 2.05) is 41.3 Å². The van der Waals surface area contributed by atoms with Gasteiger partial charge in [0.05, 0.1) is 26.5 Å². The van der Waals surface area contributed by atoms with Crippen molar-refractivity contribution in [2.24, 2.45) is 0 Å². The first-order valence-electron chi connectivity index (χ1n) is 10.3. The van der Waals surface area contributed by atoms with Gasteiger partial charge in [-0.3, -0.25) is 9.78 Å². The van der Waals surface area contributed by atoms with Crippen molar-refractivity contribution in [2.45, 2.75) is 18.6 Å². The number of hydrogen-bond acceptors (Lipinski definition) is 5. The van der Waals surface area contributed by atoms with E-state index in [1.165, 1.54) is 0 Å². The monoisotopic (exact) mass is 404 g/mol. The van der Waals surface area contributed by atoms with Crippen LogP contribution in [-0.4, -0.2) is 55.0 Å². The summed E-state index contributed by atoms with van der Waals surface area (Å²) in [7, 11) is 1.65. The molecule has 2 aromatic carbocycles. The number of rotatable bonds is 3. The number of methoxy groups -OCH3 is 1. The van der Waals surface area contributed by atoms with Crippen molar-refractivity contribution in [3.05, 3.63) is 60.4 Å². The molecule has 154 valence electrons. The van der Waals surface area contributed by atoms with Gasteiger partial charge in [-0.05, 0) is 34.5 Å². The highest BCUT2D eigenvalue weighted by Gasteiger charge is 2.40. The molecule has 3 heterocycles. The average Bonchev–Trinajstić information content (AvgIpc) is 3.26. The second-order valence-electron chi connectivity index (χ2n) is 7.72. The van der Waals surface area contributed by atoms with Crippen LogP contribution in [-0.2, 0) is 9.47 Å². The van der Waals surface area contributed by atoms with Crippen molar-refractivity contribution in [2.75, 3.05) is 33.4 Å². The topological polar surface area (TPSA) is 60.9 Å². The molecule has 0 N–H and O–H groups in total. The SMILES string of the molecule is COc1cnccc1-c1cccc2cc(C(=O)N3CCC4(CC3)OCCO4)ccc12. The highest BCUT2D eigenvalue weighted by molar-refractivity contribution is 6.03. The molecule has 0 atom stereocenters. The molecule has 0 saturated carbocycles. The third-order valence-corrected chi connectivity index (χ3v) is 6.05. The average molecular weight is 404 g/mol. The van der Waals surface area contributed by atoms with Crippen molar-refractivity contribution in [3.8, 4) is 16.9 Å². The Morgan fingerprint density at radius 2 is 1.87 bits per heavy atom. The first kappa shape index (κ1) is 19.0. The van der Waals surface area contributed by atoms with Gasteiger partial charge < -0.3 is 19.1 Å². The van der Waals surface area contributed by atoms with Gasteiger partial charge in [0.15, 0.2) is 5.79 Å². The summed E-state index contributed by atoms with van der Waals surface area (Å²) in [5, 5.41) is 2.09. The van der Waals surface area contributed by atoms with Gasteiger partial charge in [-0.2, -0.15) is 0 Å². The van der Waals surface area contributed by atoms with E-state index in [-0.39, 0.29) is 5.91 Å². The van der Waals surface area contributed by atoms with E-state index in [9.17, 15) is 4.79 Å². The van der Waals surface area contributed by atoms with Gasteiger partial charge in [0.1, 0.15) is 5.75 Å². The van der Waals surface area contributed by atoms with E-state index in [0.29, 0.717) is 31.9 Å². The summed E-state index contributed by atoms with van der Waals surface area (Å²) < 4.78 is 17.0. The number of ether oxygens (including phenoxy) is 3. The zero-order valence-electron chi connectivity index (χ0n) is 17.0. The van der Waals surface area contributed by atoms with E-state index in [0.717, 1.165) is 40.5 Å².